The van der Waals surface area contributed by atoms with Crippen LogP contribution in [0.3, 0.4) is 0 Å². The van der Waals surface area contributed by atoms with Crippen LogP contribution in [0.25, 0.3) is 11.0 Å². The Bertz CT molecular complexity index is 915. The van der Waals surface area contributed by atoms with Crippen molar-refractivity contribution in [2.75, 3.05) is 0 Å². The molecule has 0 aliphatic carbocycles. The van der Waals surface area contributed by atoms with Gasteiger partial charge in [-0.2, -0.15) is 0 Å². The fourth-order valence-corrected chi connectivity index (χ4v) is 3.95. The molecule has 1 atom stereocenters. The molecule has 1 heterocycles. The summed E-state index contributed by atoms with van der Waals surface area (Å²) in [6.07, 6.45) is 0. The summed E-state index contributed by atoms with van der Waals surface area (Å²) in [6, 6.07) is 26.6. The number of benzene rings is 3. The number of thioether (sulfide) groups is 1. The molecule has 0 amide bonds. The van der Waals surface area contributed by atoms with E-state index >= 15 is 0 Å². The summed E-state index contributed by atoms with van der Waals surface area (Å²) in [5.74, 6) is 0. The lowest BCUT2D eigenvalue weighted by molar-refractivity contribution is 1.05. The van der Waals surface area contributed by atoms with Crippen molar-refractivity contribution in [3.8, 4) is 0 Å². The maximum Gasteiger partial charge on any atom is 0.167 e. The molecule has 1 aromatic heterocycles. The Balaban J connectivity index is 1.73. The smallest absolute Gasteiger partial charge is 0.167 e. The predicted molar refractivity (Wildman–Crippen MR) is 102 cm³/mol. The van der Waals surface area contributed by atoms with E-state index in [1.165, 1.54) is 11.1 Å². The molecule has 2 nitrogen and oxygen atoms in total. The summed E-state index contributed by atoms with van der Waals surface area (Å²) < 4.78 is 0. The first-order chi connectivity index (χ1) is 11.8. The molecule has 0 aliphatic heterocycles. The van der Waals surface area contributed by atoms with Crippen LogP contribution in [0, 0.1) is 0 Å². The lowest BCUT2D eigenvalue weighted by Gasteiger charge is -2.16. The Labute approximate surface area is 149 Å². The molecule has 118 valence electrons. The zero-order valence-electron chi connectivity index (χ0n) is 12.8. The standard InChI is InChI=1S/C20H15ClN2S/c21-16-12-10-15(11-13-16)19(14-6-2-1-3-7-14)24-20-22-17-8-4-5-9-18(17)23-20/h1-13,19H,(H,22,23). The topological polar surface area (TPSA) is 28.7 Å². The molecular weight excluding hydrogens is 336 g/mol. The largest absolute Gasteiger partial charge is 0.333 e. The number of nitrogens with one attached hydrogen (secondary N) is 1. The Morgan fingerprint density at radius 3 is 2.21 bits per heavy atom. The van der Waals surface area contributed by atoms with E-state index in [1.807, 2.05) is 42.5 Å². The number of para-hydroxylation sites is 2. The van der Waals surface area contributed by atoms with Gasteiger partial charge in [0.2, 0.25) is 0 Å². The fraction of sp³-hybridized carbons (Fsp3) is 0.0500. The molecule has 1 N–H and O–H groups in total. The summed E-state index contributed by atoms with van der Waals surface area (Å²) in [6.45, 7) is 0. The molecule has 0 saturated carbocycles. The van der Waals surface area contributed by atoms with Crippen LogP contribution in [0.15, 0.2) is 84.0 Å². The van der Waals surface area contributed by atoms with Crippen LogP contribution in [0.5, 0.6) is 0 Å². The summed E-state index contributed by atoms with van der Waals surface area (Å²) in [4.78, 5) is 8.11. The van der Waals surface area contributed by atoms with Gasteiger partial charge >= 0.3 is 0 Å². The van der Waals surface area contributed by atoms with Gasteiger partial charge in [0.1, 0.15) is 0 Å². The van der Waals surface area contributed by atoms with E-state index in [0.717, 1.165) is 21.2 Å². The van der Waals surface area contributed by atoms with Crippen LogP contribution < -0.4 is 0 Å². The molecule has 0 bridgehead atoms. The Kier molecular flexibility index (Phi) is 4.28. The SMILES string of the molecule is Clc1ccc(C(Sc2nc3ccccc3[nH]2)c2ccccc2)cc1. The van der Waals surface area contributed by atoms with Crippen molar-refractivity contribution in [2.24, 2.45) is 0 Å². The number of aromatic nitrogens is 2. The number of H-pyrrole nitrogens is 1. The number of hydrogen-bond acceptors (Lipinski definition) is 2. The number of hydrogen-bond donors (Lipinski definition) is 1. The maximum absolute atomic E-state index is 6.05. The number of rotatable bonds is 4. The van der Waals surface area contributed by atoms with Gasteiger partial charge < -0.3 is 4.98 Å². The lowest BCUT2D eigenvalue weighted by Crippen LogP contribution is -1.97. The first-order valence-corrected chi connectivity index (χ1v) is 8.97. The molecule has 3 aromatic carbocycles. The van der Waals surface area contributed by atoms with Crippen LogP contribution in [-0.2, 0) is 0 Å². The quantitative estimate of drug-likeness (QED) is 0.450. The molecule has 0 saturated heterocycles. The lowest BCUT2D eigenvalue weighted by atomic mass is 10.0. The molecule has 0 radical (unpaired) electrons. The van der Waals surface area contributed by atoms with Gasteiger partial charge in [-0.3, -0.25) is 0 Å². The average Bonchev–Trinajstić information content (AvgIpc) is 3.04. The van der Waals surface area contributed by atoms with Gasteiger partial charge in [-0.1, -0.05) is 78.0 Å². The zero-order chi connectivity index (χ0) is 16.4. The van der Waals surface area contributed by atoms with Crippen molar-refractivity contribution in [3.05, 3.63) is 95.0 Å². The van der Waals surface area contributed by atoms with Crippen molar-refractivity contribution in [1.29, 1.82) is 0 Å². The van der Waals surface area contributed by atoms with E-state index in [0.29, 0.717) is 0 Å². The van der Waals surface area contributed by atoms with Crippen LogP contribution in [0.4, 0.5) is 0 Å². The zero-order valence-corrected chi connectivity index (χ0v) is 14.4. The molecule has 0 fully saturated rings. The molecule has 0 spiro atoms. The van der Waals surface area contributed by atoms with Gasteiger partial charge in [-0.15, -0.1) is 0 Å². The number of nitrogens with zero attached hydrogens (tertiary/aromatic N) is 1. The second-order valence-corrected chi connectivity index (χ2v) is 7.05. The number of imidazole rings is 1. The summed E-state index contributed by atoms with van der Waals surface area (Å²) >= 11 is 7.77. The third kappa shape index (κ3) is 3.18. The first-order valence-electron chi connectivity index (χ1n) is 7.71. The summed E-state index contributed by atoms with van der Waals surface area (Å²) in [7, 11) is 0. The highest BCUT2D eigenvalue weighted by Crippen LogP contribution is 2.40. The molecule has 4 aromatic rings. The van der Waals surface area contributed by atoms with Crippen LogP contribution in [0.2, 0.25) is 5.02 Å². The monoisotopic (exact) mass is 350 g/mol. The second-order valence-electron chi connectivity index (χ2n) is 5.52. The molecule has 4 heteroatoms. The maximum atomic E-state index is 6.05. The number of aromatic amines is 1. The van der Waals surface area contributed by atoms with Crippen molar-refractivity contribution >= 4 is 34.4 Å². The molecule has 1 unspecified atom stereocenters. The summed E-state index contributed by atoms with van der Waals surface area (Å²) in [5.41, 5.74) is 4.49. The second kappa shape index (κ2) is 6.71. The minimum absolute atomic E-state index is 0.157. The van der Waals surface area contributed by atoms with Crippen molar-refractivity contribution in [1.82, 2.24) is 9.97 Å². The van der Waals surface area contributed by atoms with Crippen molar-refractivity contribution in [2.45, 2.75) is 10.4 Å². The minimum Gasteiger partial charge on any atom is -0.333 e. The highest BCUT2D eigenvalue weighted by atomic mass is 35.5. The molecule has 4 rings (SSSR count). The minimum atomic E-state index is 0.157. The van der Waals surface area contributed by atoms with Gasteiger partial charge in [0.05, 0.1) is 16.3 Å². The molecule has 0 aliphatic rings. The van der Waals surface area contributed by atoms with Crippen molar-refractivity contribution in [3.63, 3.8) is 0 Å². The predicted octanol–water partition coefficient (Wildman–Crippen LogP) is 6.10. The summed E-state index contributed by atoms with van der Waals surface area (Å²) in [5, 5.41) is 1.82. The van der Waals surface area contributed by atoms with E-state index in [4.69, 9.17) is 16.6 Å². The van der Waals surface area contributed by atoms with Gasteiger partial charge in [0.15, 0.2) is 5.16 Å². The third-order valence-electron chi connectivity index (χ3n) is 3.87. The van der Waals surface area contributed by atoms with E-state index in [-0.39, 0.29) is 5.25 Å². The fourth-order valence-electron chi connectivity index (χ4n) is 2.69. The van der Waals surface area contributed by atoms with Crippen LogP contribution >= 0.6 is 23.4 Å². The number of fused-ring (bicyclic) bond motifs is 1. The van der Waals surface area contributed by atoms with Gasteiger partial charge in [-0.05, 0) is 35.4 Å². The third-order valence-corrected chi connectivity index (χ3v) is 5.32. The van der Waals surface area contributed by atoms with Crippen molar-refractivity contribution < 1.29 is 0 Å². The Morgan fingerprint density at radius 2 is 1.46 bits per heavy atom. The highest BCUT2D eigenvalue weighted by molar-refractivity contribution is 7.99. The average molecular weight is 351 g/mol. The van der Waals surface area contributed by atoms with E-state index in [1.54, 1.807) is 11.8 Å². The first kappa shape index (κ1) is 15.3. The van der Waals surface area contributed by atoms with Crippen LogP contribution in [-0.4, -0.2) is 9.97 Å². The molecule has 24 heavy (non-hydrogen) atoms. The van der Waals surface area contributed by atoms with Gasteiger partial charge in [0, 0.05) is 5.02 Å². The van der Waals surface area contributed by atoms with E-state index in [9.17, 15) is 0 Å². The van der Waals surface area contributed by atoms with Gasteiger partial charge in [-0.25, -0.2) is 4.98 Å². The Morgan fingerprint density at radius 1 is 0.792 bits per heavy atom. The molecular formula is C20H15ClN2S. The highest BCUT2D eigenvalue weighted by Gasteiger charge is 2.17. The Hall–Kier alpha value is -2.23. The normalized spacial score (nSPS) is 12.4. The van der Waals surface area contributed by atoms with Crippen LogP contribution in [0.1, 0.15) is 16.4 Å². The van der Waals surface area contributed by atoms with Gasteiger partial charge in [0.25, 0.3) is 0 Å². The number of halogens is 1. The van der Waals surface area contributed by atoms with E-state index in [2.05, 4.69) is 41.4 Å². The van der Waals surface area contributed by atoms with E-state index < -0.39 is 0 Å².